The van der Waals surface area contributed by atoms with Crippen LogP contribution in [0.25, 0.3) is 0 Å². The molecule has 1 N–H and O–H groups in total. The molecule has 0 amide bonds. The molecule has 0 saturated heterocycles. The zero-order chi connectivity index (χ0) is 17.7. The highest BCUT2D eigenvalue weighted by Gasteiger charge is 2.13. The molecule has 23 heavy (non-hydrogen) atoms. The highest BCUT2D eigenvalue weighted by atomic mass is 16.5. The normalized spacial score (nSPS) is 13.6. The third-order valence-electron chi connectivity index (χ3n) is 3.46. The summed E-state index contributed by atoms with van der Waals surface area (Å²) >= 11 is 0. The molecule has 0 aromatic heterocycles. The molecule has 0 aliphatic rings. The van der Waals surface area contributed by atoms with Crippen molar-refractivity contribution in [2.24, 2.45) is 0 Å². The Labute approximate surface area is 139 Å². The van der Waals surface area contributed by atoms with Gasteiger partial charge in [-0.15, -0.1) is 0 Å². The van der Waals surface area contributed by atoms with Crippen LogP contribution in [-0.4, -0.2) is 41.8 Å². The van der Waals surface area contributed by atoms with Crippen molar-refractivity contribution in [1.82, 2.24) is 0 Å². The van der Waals surface area contributed by atoms with Crippen LogP contribution >= 0.6 is 0 Å². The van der Waals surface area contributed by atoms with Crippen molar-refractivity contribution in [3.63, 3.8) is 0 Å². The summed E-state index contributed by atoms with van der Waals surface area (Å²) in [4.78, 5) is 22.8. The van der Waals surface area contributed by atoms with Gasteiger partial charge in [0.2, 0.25) is 0 Å². The number of carbonyl (C=O) groups is 2. The number of aliphatic hydroxyl groups excluding tert-OH is 1. The van der Waals surface area contributed by atoms with E-state index < -0.39 is 6.10 Å². The van der Waals surface area contributed by atoms with Crippen LogP contribution in [0, 0.1) is 0 Å². The van der Waals surface area contributed by atoms with Crippen molar-refractivity contribution in [1.29, 1.82) is 0 Å². The van der Waals surface area contributed by atoms with Gasteiger partial charge in [0.25, 0.3) is 0 Å². The molecule has 0 radical (unpaired) electrons. The average molecular weight is 326 g/mol. The van der Waals surface area contributed by atoms with Gasteiger partial charge in [0.1, 0.15) is 12.7 Å². The van der Waals surface area contributed by atoms with Crippen molar-refractivity contribution in [2.75, 3.05) is 13.2 Å². The number of carbonyl (C=O) groups excluding carboxylic acids is 2. The predicted molar refractivity (Wildman–Crippen MR) is 90.1 cm³/mol. The van der Waals surface area contributed by atoms with E-state index >= 15 is 0 Å². The number of hydrogen-bond acceptors (Lipinski definition) is 5. The maximum absolute atomic E-state index is 11.4. The average Bonchev–Trinajstić information content (AvgIpc) is 2.53. The first-order valence-electron chi connectivity index (χ1n) is 8.12. The lowest BCUT2D eigenvalue weighted by Crippen LogP contribution is -2.22. The van der Waals surface area contributed by atoms with Crippen LogP contribution in [0.15, 0.2) is 24.3 Å². The number of aliphatic hydroxyl groups is 1. The SMILES string of the molecule is CCC(O)C(=O)C/C=C/CC(=O)OC/C=C\COC(C)(C)CC. The molecule has 0 heterocycles. The number of ether oxygens (including phenoxy) is 2. The van der Waals surface area contributed by atoms with Crippen molar-refractivity contribution in [3.8, 4) is 0 Å². The van der Waals surface area contributed by atoms with Gasteiger partial charge in [-0.2, -0.15) is 0 Å². The summed E-state index contributed by atoms with van der Waals surface area (Å²) in [6.45, 7) is 8.55. The molecule has 0 fully saturated rings. The fraction of sp³-hybridized carbons (Fsp3) is 0.667. The first-order chi connectivity index (χ1) is 10.8. The minimum atomic E-state index is -0.920. The number of ketones is 1. The van der Waals surface area contributed by atoms with E-state index in [1.807, 2.05) is 19.9 Å². The molecule has 0 aliphatic carbocycles. The van der Waals surface area contributed by atoms with E-state index in [4.69, 9.17) is 9.47 Å². The van der Waals surface area contributed by atoms with Gasteiger partial charge in [-0.25, -0.2) is 0 Å². The first kappa shape index (κ1) is 21.5. The molecule has 1 unspecified atom stereocenters. The van der Waals surface area contributed by atoms with Crippen LogP contribution in [0.5, 0.6) is 0 Å². The van der Waals surface area contributed by atoms with Gasteiger partial charge >= 0.3 is 5.97 Å². The summed E-state index contributed by atoms with van der Waals surface area (Å²) in [5, 5.41) is 9.30. The van der Waals surface area contributed by atoms with Gasteiger partial charge in [-0.05, 0) is 32.8 Å². The molecule has 0 spiro atoms. The van der Waals surface area contributed by atoms with Gasteiger partial charge < -0.3 is 14.6 Å². The second-order valence-electron chi connectivity index (χ2n) is 5.85. The minimum Gasteiger partial charge on any atom is -0.461 e. The highest BCUT2D eigenvalue weighted by Crippen LogP contribution is 2.12. The van der Waals surface area contributed by atoms with Crippen LogP contribution in [0.2, 0.25) is 0 Å². The Hall–Kier alpha value is -1.46. The summed E-state index contributed by atoms with van der Waals surface area (Å²) in [7, 11) is 0. The van der Waals surface area contributed by atoms with Crippen LogP contribution in [-0.2, 0) is 19.1 Å². The lowest BCUT2D eigenvalue weighted by atomic mass is 10.1. The quantitative estimate of drug-likeness (QED) is 0.441. The van der Waals surface area contributed by atoms with Crippen LogP contribution < -0.4 is 0 Å². The Kier molecular flexibility index (Phi) is 11.3. The number of rotatable bonds is 12. The number of allylic oxidation sites excluding steroid dienone is 1. The van der Waals surface area contributed by atoms with E-state index in [2.05, 4.69) is 6.92 Å². The van der Waals surface area contributed by atoms with Crippen LogP contribution in [0.1, 0.15) is 53.4 Å². The molecule has 0 saturated carbocycles. The van der Waals surface area contributed by atoms with Crippen molar-refractivity contribution < 1.29 is 24.2 Å². The van der Waals surface area contributed by atoms with E-state index in [1.165, 1.54) is 0 Å². The molecule has 5 heteroatoms. The van der Waals surface area contributed by atoms with E-state index in [9.17, 15) is 14.7 Å². The second kappa shape index (κ2) is 12.0. The van der Waals surface area contributed by atoms with Crippen LogP contribution in [0.3, 0.4) is 0 Å². The van der Waals surface area contributed by atoms with Crippen molar-refractivity contribution in [2.45, 2.75) is 65.1 Å². The minimum absolute atomic E-state index is 0.114. The standard InChI is InChI=1S/C18H30O5/c1-5-15(19)16(20)11-7-8-12-17(21)22-13-9-10-14-23-18(3,4)6-2/h7-10,15,19H,5-6,11-14H2,1-4H3/b8-7+,10-9-. The Morgan fingerprint density at radius 1 is 1.04 bits per heavy atom. The Balaban J connectivity index is 3.77. The van der Waals surface area contributed by atoms with E-state index in [-0.39, 0.29) is 36.8 Å². The number of hydrogen-bond donors (Lipinski definition) is 1. The number of esters is 1. The summed E-state index contributed by atoms with van der Waals surface area (Å²) in [6.07, 6.45) is 7.39. The fourth-order valence-electron chi connectivity index (χ4n) is 1.45. The fourth-order valence-corrected chi connectivity index (χ4v) is 1.45. The highest BCUT2D eigenvalue weighted by molar-refractivity contribution is 5.84. The van der Waals surface area contributed by atoms with E-state index in [1.54, 1.807) is 25.2 Å². The van der Waals surface area contributed by atoms with Gasteiger partial charge in [0.15, 0.2) is 5.78 Å². The molecule has 0 aliphatic heterocycles. The largest absolute Gasteiger partial charge is 0.461 e. The lowest BCUT2D eigenvalue weighted by Gasteiger charge is -2.22. The molecule has 5 nitrogen and oxygen atoms in total. The van der Waals surface area contributed by atoms with Crippen molar-refractivity contribution in [3.05, 3.63) is 24.3 Å². The molecule has 0 rings (SSSR count). The topological polar surface area (TPSA) is 72.8 Å². The monoisotopic (exact) mass is 326 g/mol. The molecular formula is C18H30O5. The summed E-state index contributed by atoms with van der Waals surface area (Å²) in [5.41, 5.74) is -0.144. The summed E-state index contributed by atoms with van der Waals surface area (Å²) in [6, 6.07) is 0. The van der Waals surface area contributed by atoms with Gasteiger partial charge in [-0.3, -0.25) is 9.59 Å². The van der Waals surface area contributed by atoms with Crippen LogP contribution in [0.4, 0.5) is 0 Å². The predicted octanol–water partition coefficient (Wildman–Crippen LogP) is 2.97. The summed E-state index contributed by atoms with van der Waals surface area (Å²) < 4.78 is 10.6. The third-order valence-corrected chi connectivity index (χ3v) is 3.46. The molecule has 132 valence electrons. The van der Waals surface area contributed by atoms with Gasteiger partial charge in [0.05, 0.1) is 18.6 Å². The Morgan fingerprint density at radius 2 is 1.65 bits per heavy atom. The van der Waals surface area contributed by atoms with Gasteiger partial charge in [0, 0.05) is 6.42 Å². The Morgan fingerprint density at radius 3 is 2.26 bits per heavy atom. The maximum Gasteiger partial charge on any atom is 0.309 e. The van der Waals surface area contributed by atoms with E-state index in [0.29, 0.717) is 13.0 Å². The zero-order valence-electron chi connectivity index (χ0n) is 14.7. The molecule has 0 aromatic rings. The van der Waals surface area contributed by atoms with Gasteiger partial charge in [-0.1, -0.05) is 32.1 Å². The second-order valence-corrected chi connectivity index (χ2v) is 5.85. The number of Topliss-reactive ketones (excluding diaryl/α,β-unsaturated/α-hetero) is 1. The Bertz CT molecular complexity index is 410. The molecule has 0 aromatic carbocycles. The smallest absolute Gasteiger partial charge is 0.309 e. The molecule has 1 atom stereocenters. The third kappa shape index (κ3) is 11.7. The molecule has 0 bridgehead atoms. The van der Waals surface area contributed by atoms with Crippen molar-refractivity contribution >= 4 is 11.8 Å². The summed E-state index contributed by atoms with van der Waals surface area (Å²) in [5.74, 6) is -0.598. The van der Waals surface area contributed by atoms with E-state index in [0.717, 1.165) is 6.42 Å². The lowest BCUT2D eigenvalue weighted by molar-refractivity contribution is -0.141. The zero-order valence-corrected chi connectivity index (χ0v) is 14.7. The first-order valence-corrected chi connectivity index (χ1v) is 8.12. The molecular weight excluding hydrogens is 296 g/mol. The maximum atomic E-state index is 11.4.